The number of benzene rings is 1. The Morgan fingerprint density at radius 2 is 1.75 bits per heavy atom. The van der Waals surface area contributed by atoms with Crippen molar-refractivity contribution in [2.75, 3.05) is 7.11 Å². The second-order valence-electron chi connectivity index (χ2n) is 8.38. The highest BCUT2D eigenvalue weighted by Crippen LogP contribution is 2.36. The lowest BCUT2D eigenvalue weighted by atomic mass is 9.94. The Labute approximate surface area is 214 Å². The van der Waals surface area contributed by atoms with Crippen molar-refractivity contribution in [1.29, 1.82) is 0 Å². The molecule has 0 saturated heterocycles. The molecular weight excluding hydrogens is 454 g/mol. The Kier molecular flexibility index (Phi) is 10.3. The average Bonchev–Trinajstić information content (AvgIpc) is 3.23. The maximum atomic E-state index is 13.3. The number of cyclic esters (lactones) is 1. The highest BCUT2D eigenvalue weighted by Gasteiger charge is 2.34. The van der Waals surface area contributed by atoms with Gasteiger partial charge in [-0.3, -0.25) is 4.79 Å². The molecule has 1 aromatic carbocycles. The minimum atomic E-state index is -0.886. The topological polar surface area (TPSA) is 77.8 Å². The first-order chi connectivity index (χ1) is 17.3. The van der Waals surface area contributed by atoms with E-state index in [9.17, 15) is 14.7 Å². The SMILES string of the molecule is CC.CC.CC/C(C1=C(C)c2cc3c(c(=O)n2C1)COC(=O)C3OC)=c1\cc(O)cc\c1=C(\C)CC. The molecule has 0 bridgehead atoms. The standard InChI is InChI=1S/C26H29NO5.2C2H6/c1-6-14(3)18-9-8-16(28)10-19(18)17(7-2)21-12-27-23(15(21)4)11-20-22(25(27)29)13-32-26(30)24(20)31-5;2*1-2/h8-11,24,28H,6-7,12-13H2,1-5H3;2*1-2H3/b18-14+,19-17-;;. The number of rotatable bonds is 4. The van der Waals surface area contributed by atoms with Gasteiger partial charge in [-0.2, -0.15) is 0 Å². The predicted molar refractivity (Wildman–Crippen MR) is 146 cm³/mol. The fraction of sp³-hybridized carbons (Fsp3) is 0.467. The summed E-state index contributed by atoms with van der Waals surface area (Å²) in [6, 6.07) is 7.40. The molecule has 1 unspecified atom stereocenters. The highest BCUT2D eigenvalue weighted by atomic mass is 16.6. The van der Waals surface area contributed by atoms with Gasteiger partial charge in [0.1, 0.15) is 12.4 Å². The Morgan fingerprint density at radius 3 is 2.33 bits per heavy atom. The number of ether oxygens (including phenoxy) is 2. The summed E-state index contributed by atoms with van der Waals surface area (Å²) >= 11 is 0. The molecule has 0 amide bonds. The third-order valence-electron chi connectivity index (χ3n) is 6.72. The molecule has 6 nitrogen and oxygen atoms in total. The number of hydrogen-bond donors (Lipinski definition) is 1. The zero-order chi connectivity index (χ0) is 27.2. The van der Waals surface area contributed by atoms with Crippen LogP contribution in [0.4, 0.5) is 0 Å². The van der Waals surface area contributed by atoms with Crippen molar-refractivity contribution in [2.45, 2.75) is 87.5 Å². The van der Waals surface area contributed by atoms with E-state index < -0.39 is 12.1 Å². The van der Waals surface area contributed by atoms with Crippen molar-refractivity contribution in [1.82, 2.24) is 4.57 Å². The molecule has 1 atom stereocenters. The van der Waals surface area contributed by atoms with Gasteiger partial charge < -0.3 is 19.1 Å². The van der Waals surface area contributed by atoms with E-state index in [4.69, 9.17) is 9.47 Å². The van der Waals surface area contributed by atoms with E-state index in [0.29, 0.717) is 17.7 Å². The summed E-state index contributed by atoms with van der Waals surface area (Å²) in [7, 11) is 1.44. The van der Waals surface area contributed by atoms with Gasteiger partial charge in [-0.05, 0) is 72.0 Å². The fourth-order valence-corrected chi connectivity index (χ4v) is 4.79. The van der Waals surface area contributed by atoms with Crippen molar-refractivity contribution >= 4 is 22.7 Å². The third kappa shape index (κ3) is 5.19. The van der Waals surface area contributed by atoms with E-state index in [2.05, 4.69) is 20.8 Å². The Morgan fingerprint density at radius 1 is 1.08 bits per heavy atom. The number of aromatic hydroxyl groups is 1. The monoisotopic (exact) mass is 495 g/mol. The summed E-state index contributed by atoms with van der Waals surface area (Å²) < 4.78 is 12.3. The van der Waals surface area contributed by atoms with Gasteiger partial charge in [0.15, 0.2) is 6.10 Å². The van der Waals surface area contributed by atoms with Crippen LogP contribution in [-0.4, -0.2) is 22.8 Å². The van der Waals surface area contributed by atoms with Crippen LogP contribution in [0, 0.1) is 0 Å². The van der Waals surface area contributed by atoms with E-state index in [0.717, 1.165) is 45.7 Å². The number of carbonyl (C=O) groups is 1. The molecule has 0 fully saturated rings. The summed E-state index contributed by atoms with van der Waals surface area (Å²) in [5.41, 5.74) is 6.13. The number of fused-ring (bicyclic) bond motifs is 2. The highest BCUT2D eigenvalue weighted by molar-refractivity contribution is 5.84. The van der Waals surface area contributed by atoms with Crippen LogP contribution in [-0.2, 0) is 27.4 Å². The van der Waals surface area contributed by atoms with Crippen LogP contribution in [0.2, 0.25) is 0 Å². The number of hydrogen-bond acceptors (Lipinski definition) is 5. The lowest BCUT2D eigenvalue weighted by Crippen LogP contribution is -2.34. The number of allylic oxidation sites excluding steroid dienone is 2. The van der Waals surface area contributed by atoms with Crippen molar-refractivity contribution in [3.8, 4) is 5.75 Å². The number of methoxy groups -OCH3 is 1. The van der Waals surface area contributed by atoms with Crippen LogP contribution >= 0.6 is 0 Å². The van der Waals surface area contributed by atoms with Gasteiger partial charge in [0.05, 0.1) is 12.1 Å². The number of nitrogens with zero attached hydrogens (tertiary/aromatic N) is 1. The summed E-state index contributed by atoms with van der Waals surface area (Å²) in [5.74, 6) is -0.251. The molecule has 36 heavy (non-hydrogen) atoms. The molecule has 1 aromatic heterocycles. The number of phenols is 1. The molecule has 0 spiro atoms. The molecule has 6 heteroatoms. The van der Waals surface area contributed by atoms with Gasteiger partial charge in [-0.1, -0.05) is 53.2 Å². The molecule has 0 saturated carbocycles. The quantitative estimate of drug-likeness (QED) is 0.606. The van der Waals surface area contributed by atoms with Gasteiger partial charge in [0.2, 0.25) is 0 Å². The van der Waals surface area contributed by atoms with Crippen LogP contribution in [0.5, 0.6) is 5.75 Å². The molecule has 2 aromatic rings. The van der Waals surface area contributed by atoms with Gasteiger partial charge in [-0.15, -0.1) is 0 Å². The van der Waals surface area contributed by atoms with Crippen molar-refractivity contribution in [3.05, 3.63) is 67.5 Å². The van der Waals surface area contributed by atoms with Gasteiger partial charge >= 0.3 is 5.97 Å². The zero-order valence-corrected chi connectivity index (χ0v) is 23.2. The van der Waals surface area contributed by atoms with Crippen LogP contribution in [0.15, 0.2) is 34.6 Å². The Bertz CT molecular complexity index is 1330. The Hall–Kier alpha value is -3.12. The fourth-order valence-electron chi connectivity index (χ4n) is 4.79. The van der Waals surface area contributed by atoms with Gasteiger partial charge in [0.25, 0.3) is 5.56 Å². The molecular formula is C30H41NO5. The lowest BCUT2D eigenvalue weighted by Gasteiger charge is -2.24. The summed E-state index contributed by atoms with van der Waals surface area (Å²) in [6.45, 7) is 16.7. The normalized spacial score (nSPS) is 17.6. The van der Waals surface area contributed by atoms with Crippen LogP contribution in [0.3, 0.4) is 0 Å². The van der Waals surface area contributed by atoms with Crippen molar-refractivity contribution < 1.29 is 19.4 Å². The number of esters is 1. The summed E-state index contributed by atoms with van der Waals surface area (Å²) in [5, 5.41) is 12.3. The third-order valence-corrected chi connectivity index (χ3v) is 6.72. The average molecular weight is 496 g/mol. The van der Waals surface area contributed by atoms with E-state index in [1.54, 1.807) is 10.6 Å². The maximum Gasteiger partial charge on any atom is 0.340 e. The molecule has 3 heterocycles. The van der Waals surface area contributed by atoms with Gasteiger partial charge in [-0.25, -0.2) is 4.79 Å². The Balaban J connectivity index is 0.00000109. The number of carbonyl (C=O) groups excluding carboxylic acids is 1. The second kappa shape index (κ2) is 12.7. The molecule has 4 rings (SSSR count). The smallest absolute Gasteiger partial charge is 0.340 e. The minimum Gasteiger partial charge on any atom is -0.508 e. The largest absolute Gasteiger partial charge is 0.508 e. The molecule has 0 radical (unpaired) electrons. The molecule has 2 aliphatic heterocycles. The molecule has 2 aliphatic rings. The first-order valence-corrected chi connectivity index (χ1v) is 13.0. The van der Waals surface area contributed by atoms with E-state index >= 15 is 0 Å². The van der Waals surface area contributed by atoms with E-state index in [-0.39, 0.29) is 17.9 Å². The first-order valence-electron chi connectivity index (χ1n) is 13.0. The first kappa shape index (κ1) is 29.1. The van der Waals surface area contributed by atoms with Crippen LogP contribution in [0.1, 0.15) is 91.2 Å². The second-order valence-corrected chi connectivity index (χ2v) is 8.38. The van der Waals surface area contributed by atoms with Crippen LogP contribution < -0.4 is 16.0 Å². The lowest BCUT2D eigenvalue weighted by molar-refractivity contribution is -0.159. The minimum absolute atomic E-state index is 0.0345. The van der Waals surface area contributed by atoms with Crippen LogP contribution in [0.25, 0.3) is 16.7 Å². The summed E-state index contributed by atoms with van der Waals surface area (Å²) in [6.07, 6.45) is 0.777. The van der Waals surface area contributed by atoms with Gasteiger partial charge in [0, 0.05) is 18.4 Å². The number of aromatic nitrogens is 1. The molecule has 196 valence electrons. The van der Waals surface area contributed by atoms with Crippen molar-refractivity contribution in [2.24, 2.45) is 0 Å². The molecule has 1 N–H and O–H groups in total. The molecule has 0 aliphatic carbocycles. The number of phenolic OH excluding ortho intramolecular Hbond substituents is 1. The van der Waals surface area contributed by atoms with Crippen molar-refractivity contribution in [3.63, 3.8) is 0 Å². The maximum absolute atomic E-state index is 13.3. The predicted octanol–water partition coefficient (Wildman–Crippen LogP) is 4.98. The summed E-state index contributed by atoms with van der Waals surface area (Å²) in [4.78, 5) is 25.5. The van der Waals surface area contributed by atoms with E-state index in [1.165, 1.54) is 12.7 Å². The number of pyridine rings is 1. The van der Waals surface area contributed by atoms with E-state index in [1.807, 2.05) is 52.8 Å². The zero-order valence-electron chi connectivity index (χ0n) is 23.2.